The van der Waals surface area contributed by atoms with Gasteiger partial charge in [0.1, 0.15) is 11.7 Å². The lowest BCUT2D eigenvalue weighted by atomic mass is 9.69. The number of hydrogen-bond acceptors (Lipinski definition) is 5. The second-order valence-corrected chi connectivity index (χ2v) is 9.50. The zero-order valence-corrected chi connectivity index (χ0v) is 20.3. The number of benzene rings is 3. The number of ketones is 1. The SMILES string of the molecule is CC1=NC2=C(C(=O)C[C@H](c3ccccc3)C2)[C@H](c2ccc(O)cc2)C1C(=O)OCCc1ccccc1. The number of phenolic OH excluding ortho intramolecular Hbond substituents is 1. The molecule has 3 atom stereocenters. The standard InChI is InChI=1S/C31H29NO4/c1-20-28(31(35)36-17-16-21-8-4-2-5-9-21)29(23-12-14-25(33)15-13-23)30-26(32-20)18-24(19-27(30)34)22-10-6-3-7-11-22/h2-15,24,28-29,33H,16-19H2,1H3/t24-,28?,29-/m1/s1. The predicted octanol–water partition coefficient (Wildman–Crippen LogP) is 5.75. The number of allylic oxidation sites excluding steroid dienone is 2. The van der Waals surface area contributed by atoms with Crippen molar-refractivity contribution in [3.63, 3.8) is 0 Å². The van der Waals surface area contributed by atoms with Gasteiger partial charge in [-0.25, -0.2) is 0 Å². The van der Waals surface area contributed by atoms with Gasteiger partial charge in [0.15, 0.2) is 5.78 Å². The molecule has 3 aromatic carbocycles. The molecule has 1 aliphatic carbocycles. The van der Waals surface area contributed by atoms with Crippen LogP contribution >= 0.6 is 0 Å². The van der Waals surface area contributed by atoms with Gasteiger partial charge >= 0.3 is 5.97 Å². The van der Waals surface area contributed by atoms with Gasteiger partial charge in [0, 0.05) is 35.7 Å². The summed E-state index contributed by atoms with van der Waals surface area (Å²) in [5, 5.41) is 9.86. The smallest absolute Gasteiger partial charge is 0.315 e. The van der Waals surface area contributed by atoms with Crippen LogP contribution in [0.4, 0.5) is 0 Å². The first-order valence-corrected chi connectivity index (χ1v) is 12.4. The molecule has 0 fully saturated rings. The van der Waals surface area contributed by atoms with Crippen molar-refractivity contribution in [3.05, 3.63) is 113 Å². The molecule has 1 heterocycles. The molecule has 5 heteroatoms. The van der Waals surface area contributed by atoms with Crippen molar-refractivity contribution in [2.24, 2.45) is 10.9 Å². The molecule has 1 unspecified atom stereocenters. The molecule has 0 bridgehead atoms. The van der Waals surface area contributed by atoms with Gasteiger partial charge in [0.25, 0.3) is 0 Å². The van der Waals surface area contributed by atoms with E-state index < -0.39 is 11.8 Å². The van der Waals surface area contributed by atoms with Crippen LogP contribution in [0.2, 0.25) is 0 Å². The van der Waals surface area contributed by atoms with Gasteiger partial charge in [0.05, 0.1) is 6.61 Å². The lowest BCUT2D eigenvalue weighted by Crippen LogP contribution is -2.38. The van der Waals surface area contributed by atoms with Crippen LogP contribution in [0.1, 0.15) is 48.3 Å². The highest BCUT2D eigenvalue weighted by atomic mass is 16.5. The van der Waals surface area contributed by atoms with Gasteiger partial charge in [-0.1, -0.05) is 72.8 Å². The maximum atomic E-state index is 13.6. The summed E-state index contributed by atoms with van der Waals surface area (Å²) in [6.45, 7) is 2.10. The summed E-state index contributed by atoms with van der Waals surface area (Å²) < 4.78 is 5.73. The van der Waals surface area contributed by atoms with E-state index in [2.05, 4.69) is 0 Å². The Balaban J connectivity index is 1.46. The Labute approximate surface area is 211 Å². The molecule has 0 spiro atoms. The first kappa shape index (κ1) is 23.7. The Bertz CT molecular complexity index is 1310. The first-order valence-electron chi connectivity index (χ1n) is 12.4. The van der Waals surface area contributed by atoms with Crippen molar-refractivity contribution < 1.29 is 19.4 Å². The highest BCUT2D eigenvalue weighted by Crippen LogP contribution is 2.47. The zero-order valence-electron chi connectivity index (χ0n) is 20.3. The first-order chi connectivity index (χ1) is 17.5. The minimum absolute atomic E-state index is 0.0153. The number of phenols is 1. The number of carbonyl (C=O) groups is 2. The topological polar surface area (TPSA) is 76.0 Å². The van der Waals surface area contributed by atoms with E-state index >= 15 is 0 Å². The Morgan fingerprint density at radius 2 is 1.58 bits per heavy atom. The molecule has 0 radical (unpaired) electrons. The summed E-state index contributed by atoms with van der Waals surface area (Å²) in [7, 11) is 0. The van der Waals surface area contributed by atoms with Crippen LogP contribution in [0.15, 0.2) is 101 Å². The Morgan fingerprint density at radius 1 is 0.917 bits per heavy atom. The molecule has 0 amide bonds. The number of Topliss-reactive ketones (excluding diaryl/α,β-unsaturated/α-hetero) is 1. The molecule has 1 N–H and O–H groups in total. The third kappa shape index (κ3) is 4.87. The molecule has 2 aliphatic rings. The molecule has 182 valence electrons. The lowest BCUT2D eigenvalue weighted by molar-refractivity contribution is -0.146. The third-order valence-electron chi connectivity index (χ3n) is 7.14. The van der Waals surface area contributed by atoms with E-state index in [-0.39, 0.29) is 30.0 Å². The summed E-state index contributed by atoms with van der Waals surface area (Å²) in [6.07, 6.45) is 1.64. The average molecular weight is 480 g/mol. The Hall–Kier alpha value is -3.99. The quantitative estimate of drug-likeness (QED) is 0.457. The van der Waals surface area contributed by atoms with E-state index in [1.165, 1.54) is 0 Å². The maximum absolute atomic E-state index is 13.6. The summed E-state index contributed by atoms with van der Waals surface area (Å²) >= 11 is 0. The number of esters is 1. The van der Waals surface area contributed by atoms with Gasteiger partial charge in [-0.05, 0) is 48.1 Å². The second-order valence-electron chi connectivity index (χ2n) is 9.50. The van der Waals surface area contributed by atoms with Gasteiger partial charge in [-0.3, -0.25) is 14.6 Å². The van der Waals surface area contributed by atoms with E-state index in [9.17, 15) is 14.7 Å². The Kier molecular flexibility index (Phi) is 6.81. The summed E-state index contributed by atoms with van der Waals surface area (Å²) in [5.41, 5.74) is 5.01. The second kappa shape index (κ2) is 10.3. The number of hydrogen-bond donors (Lipinski definition) is 1. The van der Waals surface area contributed by atoms with Crippen LogP contribution < -0.4 is 0 Å². The van der Waals surface area contributed by atoms with Crippen LogP contribution in [0.5, 0.6) is 5.75 Å². The van der Waals surface area contributed by atoms with E-state index in [0.717, 1.165) is 22.4 Å². The van der Waals surface area contributed by atoms with Crippen LogP contribution in [0.25, 0.3) is 0 Å². The maximum Gasteiger partial charge on any atom is 0.315 e. The molecular formula is C31H29NO4. The van der Waals surface area contributed by atoms with E-state index in [0.29, 0.717) is 30.5 Å². The van der Waals surface area contributed by atoms with E-state index in [1.807, 2.05) is 67.6 Å². The molecule has 5 rings (SSSR count). The Morgan fingerprint density at radius 3 is 2.28 bits per heavy atom. The van der Waals surface area contributed by atoms with Gasteiger partial charge in [0.2, 0.25) is 0 Å². The average Bonchev–Trinajstić information content (AvgIpc) is 2.89. The molecule has 5 nitrogen and oxygen atoms in total. The number of ether oxygens (including phenoxy) is 1. The number of aromatic hydroxyl groups is 1. The number of aliphatic imine (C=N–C) groups is 1. The molecule has 0 saturated heterocycles. The van der Waals surface area contributed by atoms with Crippen molar-refractivity contribution in [1.29, 1.82) is 0 Å². The van der Waals surface area contributed by atoms with Crippen molar-refractivity contribution >= 4 is 17.5 Å². The fraction of sp³-hybridized carbons (Fsp3) is 0.258. The fourth-order valence-corrected chi connectivity index (χ4v) is 5.37. The van der Waals surface area contributed by atoms with Gasteiger partial charge < -0.3 is 9.84 Å². The minimum Gasteiger partial charge on any atom is -0.508 e. The van der Waals surface area contributed by atoms with Crippen LogP contribution in [-0.4, -0.2) is 29.2 Å². The van der Waals surface area contributed by atoms with E-state index in [1.54, 1.807) is 24.3 Å². The van der Waals surface area contributed by atoms with Crippen LogP contribution in [-0.2, 0) is 20.7 Å². The molecule has 36 heavy (non-hydrogen) atoms. The van der Waals surface area contributed by atoms with Crippen LogP contribution in [0.3, 0.4) is 0 Å². The zero-order chi connectivity index (χ0) is 25.1. The predicted molar refractivity (Wildman–Crippen MR) is 139 cm³/mol. The summed E-state index contributed by atoms with van der Waals surface area (Å²) in [6, 6.07) is 26.7. The molecule has 3 aromatic rings. The number of carbonyl (C=O) groups excluding carboxylic acids is 2. The monoisotopic (exact) mass is 479 g/mol. The minimum atomic E-state index is -0.693. The molecule has 0 saturated carbocycles. The lowest BCUT2D eigenvalue weighted by Gasteiger charge is -2.36. The molecule has 1 aliphatic heterocycles. The van der Waals surface area contributed by atoms with Crippen molar-refractivity contribution in [2.75, 3.05) is 6.61 Å². The number of rotatable bonds is 6. The van der Waals surface area contributed by atoms with Crippen molar-refractivity contribution in [2.45, 2.75) is 38.0 Å². The van der Waals surface area contributed by atoms with Gasteiger partial charge in [-0.2, -0.15) is 0 Å². The molecular weight excluding hydrogens is 450 g/mol. The highest BCUT2D eigenvalue weighted by molar-refractivity contribution is 6.09. The normalized spacial score (nSPS) is 21.5. The van der Waals surface area contributed by atoms with Crippen LogP contribution in [0, 0.1) is 5.92 Å². The highest BCUT2D eigenvalue weighted by Gasteiger charge is 2.44. The molecule has 0 aromatic heterocycles. The summed E-state index contributed by atoms with van der Waals surface area (Å²) in [4.78, 5) is 31.9. The largest absolute Gasteiger partial charge is 0.508 e. The fourth-order valence-electron chi connectivity index (χ4n) is 5.37. The van der Waals surface area contributed by atoms with Gasteiger partial charge in [-0.15, -0.1) is 0 Å². The van der Waals surface area contributed by atoms with E-state index in [4.69, 9.17) is 9.73 Å². The van der Waals surface area contributed by atoms with Crippen molar-refractivity contribution in [1.82, 2.24) is 0 Å². The summed E-state index contributed by atoms with van der Waals surface area (Å²) in [5.74, 6) is -1.36. The number of nitrogens with zero attached hydrogens (tertiary/aromatic N) is 1. The van der Waals surface area contributed by atoms with Crippen molar-refractivity contribution in [3.8, 4) is 5.75 Å². The third-order valence-corrected chi connectivity index (χ3v) is 7.14.